The van der Waals surface area contributed by atoms with E-state index in [4.69, 9.17) is 9.15 Å². The lowest BCUT2D eigenvalue weighted by Gasteiger charge is -2.32. The number of rotatable bonds is 3. The van der Waals surface area contributed by atoms with Crippen LogP contribution in [0.25, 0.3) is 11.0 Å². The molecule has 0 saturated carbocycles. The van der Waals surface area contributed by atoms with Crippen LogP contribution in [0, 0.1) is 5.92 Å². The second-order valence-corrected chi connectivity index (χ2v) is 7.63. The van der Waals surface area contributed by atoms with Crippen LogP contribution in [0.4, 0.5) is 0 Å². The molecule has 138 valence electrons. The topological polar surface area (TPSA) is 63.0 Å². The van der Waals surface area contributed by atoms with Gasteiger partial charge in [-0.15, -0.1) is 0 Å². The molecule has 0 spiro atoms. The smallest absolute Gasteiger partial charge is 0.336 e. The maximum absolute atomic E-state index is 12.8. The van der Waals surface area contributed by atoms with Gasteiger partial charge in [-0.1, -0.05) is 13.8 Å². The Labute approximate surface area is 152 Å². The fourth-order valence-electron chi connectivity index (χ4n) is 3.73. The monoisotopic (exact) mass is 356 g/mol. The number of carbonyl (C=O) groups excluding carboxylic acids is 1. The van der Waals surface area contributed by atoms with Crippen molar-refractivity contribution < 1.29 is 13.9 Å². The van der Waals surface area contributed by atoms with Gasteiger partial charge in [0.25, 0.3) is 0 Å². The summed E-state index contributed by atoms with van der Waals surface area (Å²) >= 11 is 0. The molecule has 2 aliphatic heterocycles. The fourth-order valence-corrected chi connectivity index (χ4v) is 3.73. The van der Waals surface area contributed by atoms with Crippen LogP contribution in [0.1, 0.15) is 29.8 Å². The average Bonchev–Trinajstić information content (AvgIpc) is 2.94. The minimum Gasteiger partial charge on any atom is -0.481 e. The molecule has 1 aromatic carbocycles. The van der Waals surface area contributed by atoms with Gasteiger partial charge in [-0.3, -0.25) is 9.69 Å². The third-order valence-electron chi connectivity index (χ3n) is 5.31. The number of carbonyl (C=O) groups is 1. The number of hydrogen-bond donors (Lipinski definition) is 0. The predicted molar refractivity (Wildman–Crippen MR) is 98.8 cm³/mol. The molecule has 1 atom stereocenters. The summed E-state index contributed by atoms with van der Waals surface area (Å²) in [4.78, 5) is 29.2. The van der Waals surface area contributed by atoms with E-state index in [1.165, 1.54) is 6.07 Å². The molecule has 3 heterocycles. The number of nitrogens with zero attached hydrogens (tertiary/aromatic N) is 2. The average molecular weight is 356 g/mol. The van der Waals surface area contributed by atoms with Crippen molar-refractivity contribution in [2.75, 3.05) is 33.2 Å². The van der Waals surface area contributed by atoms with Crippen molar-refractivity contribution in [3.63, 3.8) is 0 Å². The Morgan fingerprint density at radius 2 is 1.88 bits per heavy atom. The number of likely N-dealkylation sites (N-methyl/N-ethyl adjacent to an activating group) is 1. The molecule has 1 aromatic heterocycles. The molecule has 0 radical (unpaired) electrons. The molecule has 0 aliphatic carbocycles. The first-order valence-corrected chi connectivity index (χ1v) is 9.15. The first kappa shape index (κ1) is 17.2. The molecule has 26 heavy (non-hydrogen) atoms. The number of ether oxygens (including phenoxy) is 1. The summed E-state index contributed by atoms with van der Waals surface area (Å²) in [6.45, 7) is 8.42. The van der Waals surface area contributed by atoms with Crippen LogP contribution in [0.2, 0.25) is 0 Å². The lowest BCUT2D eigenvalue weighted by atomic mass is 9.97. The summed E-state index contributed by atoms with van der Waals surface area (Å²) in [5.41, 5.74) is 1.57. The molecule has 1 fully saturated rings. The van der Waals surface area contributed by atoms with Gasteiger partial charge in [0.15, 0.2) is 6.10 Å². The highest BCUT2D eigenvalue weighted by Gasteiger charge is 2.38. The van der Waals surface area contributed by atoms with Gasteiger partial charge in [-0.05, 0) is 25.1 Å². The van der Waals surface area contributed by atoms with Crippen molar-refractivity contribution in [3.05, 3.63) is 39.7 Å². The summed E-state index contributed by atoms with van der Waals surface area (Å²) in [6.07, 6.45) is -0.472. The van der Waals surface area contributed by atoms with E-state index >= 15 is 0 Å². The molecular formula is C20H24N2O4. The molecule has 1 unspecified atom stereocenters. The van der Waals surface area contributed by atoms with E-state index in [9.17, 15) is 9.59 Å². The number of fused-ring (bicyclic) bond motifs is 2. The first-order chi connectivity index (χ1) is 12.4. The highest BCUT2D eigenvalue weighted by atomic mass is 16.5. The third-order valence-corrected chi connectivity index (χ3v) is 5.31. The molecule has 6 heteroatoms. The Morgan fingerprint density at radius 1 is 1.15 bits per heavy atom. The van der Waals surface area contributed by atoms with E-state index < -0.39 is 6.10 Å². The number of Topliss-reactive ketones (excluding diaryl/α,β-unsaturated/α-hetero) is 1. The van der Waals surface area contributed by atoms with Crippen molar-refractivity contribution in [1.82, 2.24) is 9.80 Å². The fraction of sp³-hybridized carbons (Fsp3) is 0.500. The van der Waals surface area contributed by atoms with Crippen molar-refractivity contribution >= 4 is 16.8 Å². The van der Waals surface area contributed by atoms with Gasteiger partial charge in [-0.2, -0.15) is 0 Å². The zero-order valence-electron chi connectivity index (χ0n) is 15.4. The van der Waals surface area contributed by atoms with Gasteiger partial charge in [0.1, 0.15) is 11.3 Å². The zero-order valence-corrected chi connectivity index (χ0v) is 15.4. The largest absolute Gasteiger partial charge is 0.481 e. The van der Waals surface area contributed by atoms with Crippen LogP contribution < -0.4 is 10.4 Å². The normalized spacial score (nSPS) is 21.4. The van der Waals surface area contributed by atoms with Gasteiger partial charge in [0.05, 0.1) is 11.1 Å². The molecule has 0 N–H and O–H groups in total. The van der Waals surface area contributed by atoms with Crippen LogP contribution in [-0.2, 0) is 6.54 Å². The molecule has 0 bridgehead atoms. The van der Waals surface area contributed by atoms with Crippen LogP contribution in [0.5, 0.6) is 5.75 Å². The van der Waals surface area contributed by atoms with Gasteiger partial charge in [0, 0.05) is 44.2 Å². The van der Waals surface area contributed by atoms with Gasteiger partial charge in [-0.25, -0.2) is 4.79 Å². The van der Waals surface area contributed by atoms with E-state index in [0.29, 0.717) is 23.4 Å². The minimum absolute atomic E-state index is 0.0164. The Kier molecular flexibility index (Phi) is 4.32. The van der Waals surface area contributed by atoms with E-state index in [2.05, 4.69) is 16.8 Å². The molecule has 1 saturated heterocycles. The Bertz CT molecular complexity index is 910. The SMILES string of the molecule is CC(C)C1Oc2c(cc3ccc(=O)oc3c2CN2CCN(C)CC2)C1=O. The quantitative estimate of drug-likeness (QED) is 0.785. The summed E-state index contributed by atoms with van der Waals surface area (Å²) in [6, 6.07) is 4.92. The summed E-state index contributed by atoms with van der Waals surface area (Å²) < 4.78 is 11.6. The molecule has 2 aromatic rings. The van der Waals surface area contributed by atoms with Crippen molar-refractivity contribution in [3.8, 4) is 5.75 Å². The molecule has 6 nitrogen and oxygen atoms in total. The second kappa shape index (κ2) is 6.52. The van der Waals surface area contributed by atoms with Gasteiger partial charge >= 0.3 is 5.63 Å². The summed E-state index contributed by atoms with van der Waals surface area (Å²) in [7, 11) is 2.11. The number of benzene rings is 1. The standard InChI is InChI=1S/C20H24N2O4/c1-12(2)18-17(24)14-10-13-4-5-16(23)25-19(13)15(20(14)26-18)11-22-8-6-21(3)7-9-22/h4-5,10,12,18H,6-9,11H2,1-3H3. The van der Waals surface area contributed by atoms with Gasteiger partial charge in [0.2, 0.25) is 5.78 Å². The minimum atomic E-state index is -0.472. The highest BCUT2D eigenvalue weighted by molar-refractivity contribution is 6.08. The molecule has 0 amide bonds. The summed E-state index contributed by atoms with van der Waals surface area (Å²) in [5, 5.41) is 0.772. The zero-order chi connectivity index (χ0) is 18.4. The van der Waals surface area contributed by atoms with Crippen molar-refractivity contribution in [2.45, 2.75) is 26.5 Å². The molecular weight excluding hydrogens is 332 g/mol. The van der Waals surface area contributed by atoms with E-state index in [0.717, 1.165) is 37.1 Å². The van der Waals surface area contributed by atoms with Crippen LogP contribution in [0.3, 0.4) is 0 Å². The van der Waals surface area contributed by atoms with Crippen molar-refractivity contribution in [1.29, 1.82) is 0 Å². The van der Waals surface area contributed by atoms with E-state index in [1.54, 1.807) is 12.1 Å². The lowest BCUT2D eigenvalue weighted by molar-refractivity contribution is 0.0787. The third kappa shape index (κ3) is 2.93. The second-order valence-electron chi connectivity index (χ2n) is 7.63. The maximum atomic E-state index is 12.8. The molecule has 4 rings (SSSR count). The summed E-state index contributed by atoms with van der Waals surface area (Å²) in [5.74, 6) is 0.693. The highest BCUT2D eigenvalue weighted by Crippen LogP contribution is 2.40. The number of hydrogen-bond acceptors (Lipinski definition) is 6. The maximum Gasteiger partial charge on any atom is 0.336 e. The van der Waals surface area contributed by atoms with E-state index in [-0.39, 0.29) is 17.3 Å². The Hall–Kier alpha value is -2.18. The Balaban J connectivity index is 1.82. The number of piperazine rings is 1. The van der Waals surface area contributed by atoms with Crippen LogP contribution in [-0.4, -0.2) is 54.9 Å². The van der Waals surface area contributed by atoms with Crippen LogP contribution >= 0.6 is 0 Å². The van der Waals surface area contributed by atoms with Gasteiger partial charge < -0.3 is 14.1 Å². The van der Waals surface area contributed by atoms with Crippen LogP contribution in [0.15, 0.2) is 27.4 Å². The number of ketones is 1. The van der Waals surface area contributed by atoms with Crippen molar-refractivity contribution in [2.24, 2.45) is 5.92 Å². The molecule has 2 aliphatic rings. The lowest BCUT2D eigenvalue weighted by Crippen LogP contribution is -2.43. The van der Waals surface area contributed by atoms with E-state index in [1.807, 2.05) is 13.8 Å². The Morgan fingerprint density at radius 3 is 2.58 bits per heavy atom. The first-order valence-electron chi connectivity index (χ1n) is 9.15. The predicted octanol–water partition coefficient (Wildman–Crippen LogP) is 2.14.